The molecule has 0 spiro atoms. The standard InChI is InChI=1S/C17H21NO/c1-12-16(9-10-19-12)17(18-2)15-8-4-7-14(11-15)13-5-3-6-13/h4,7-11,13,17-18H,3,5-6H2,1-2H3. The molecule has 2 aromatic rings. The average Bonchev–Trinajstić information content (AvgIpc) is 2.75. The Hall–Kier alpha value is -1.54. The van der Waals surface area contributed by atoms with Gasteiger partial charge in [-0.25, -0.2) is 0 Å². The van der Waals surface area contributed by atoms with E-state index in [1.54, 1.807) is 6.26 Å². The first-order chi connectivity index (χ1) is 9.29. The second-order valence-corrected chi connectivity index (χ2v) is 5.45. The van der Waals surface area contributed by atoms with Crippen LogP contribution in [0.2, 0.25) is 0 Å². The van der Waals surface area contributed by atoms with Gasteiger partial charge in [-0.1, -0.05) is 30.7 Å². The Morgan fingerprint density at radius 3 is 2.68 bits per heavy atom. The molecule has 2 nitrogen and oxygen atoms in total. The Bertz CT molecular complexity index is 554. The molecule has 1 aromatic carbocycles. The molecule has 1 heterocycles. The van der Waals surface area contributed by atoms with Crippen LogP contribution in [0.4, 0.5) is 0 Å². The molecular weight excluding hydrogens is 234 g/mol. The van der Waals surface area contributed by atoms with Crippen molar-refractivity contribution in [3.63, 3.8) is 0 Å². The molecule has 1 saturated carbocycles. The second kappa shape index (κ2) is 5.22. The SMILES string of the molecule is CNC(c1cccc(C2CCC2)c1)c1ccoc1C. The Morgan fingerprint density at radius 2 is 2.11 bits per heavy atom. The third kappa shape index (κ3) is 2.33. The van der Waals surface area contributed by atoms with Crippen LogP contribution < -0.4 is 5.32 Å². The molecule has 0 saturated heterocycles. The summed E-state index contributed by atoms with van der Waals surface area (Å²) in [7, 11) is 2.01. The van der Waals surface area contributed by atoms with Crippen LogP contribution in [0.5, 0.6) is 0 Å². The van der Waals surface area contributed by atoms with E-state index in [2.05, 4.69) is 35.6 Å². The first kappa shape index (κ1) is 12.5. The van der Waals surface area contributed by atoms with Gasteiger partial charge in [-0.3, -0.25) is 0 Å². The van der Waals surface area contributed by atoms with Crippen LogP contribution in [-0.4, -0.2) is 7.05 Å². The van der Waals surface area contributed by atoms with E-state index in [-0.39, 0.29) is 6.04 Å². The zero-order valence-electron chi connectivity index (χ0n) is 11.6. The predicted molar refractivity (Wildman–Crippen MR) is 77.4 cm³/mol. The van der Waals surface area contributed by atoms with Crippen LogP contribution in [0.15, 0.2) is 41.0 Å². The summed E-state index contributed by atoms with van der Waals surface area (Å²) < 4.78 is 5.44. The molecule has 0 aliphatic heterocycles. The topological polar surface area (TPSA) is 25.2 Å². The van der Waals surface area contributed by atoms with Gasteiger partial charge in [0.1, 0.15) is 5.76 Å². The number of hydrogen-bond acceptors (Lipinski definition) is 2. The van der Waals surface area contributed by atoms with Crippen LogP contribution in [-0.2, 0) is 0 Å². The third-order valence-corrected chi connectivity index (χ3v) is 4.32. The number of benzene rings is 1. The van der Waals surface area contributed by atoms with Gasteiger partial charge in [-0.2, -0.15) is 0 Å². The molecular formula is C17H21NO. The Labute approximate surface area is 114 Å². The molecule has 1 unspecified atom stereocenters. The van der Waals surface area contributed by atoms with Gasteiger partial charge in [0.05, 0.1) is 12.3 Å². The Balaban J connectivity index is 1.93. The molecule has 0 bridgehead atoms. The molecule has 2 heteroatoms. The van der Waals surface area contributed by atoms with Crippen molar-refractivity contribution in [1.82, 2.24) is 5.32 Å². The largest absolute Gasteiger partial charge is 0.469 e. The molecule has 19 heavy (non-hydrogen) atoms. The second-order valence-electron chi connectivity index (χ2n) is 5.45. The maximum absolute atomic E-state index is 5.44. The fraction of sp³-hybridized carbons (Fsp3) is 0.412. The summed E-state index contributed by atoms with van der Waals surface area (Å²) in [6.45, 7) is 2.02. The maximum atomic E-state index is 5.44. The van der Waals surface area contributed by atoms with E-state index < -0.39 is 0 Å². The average molecular weight is 255 g/mol. The van der Waals surface area contributed by atoms with E-state index in [9.17, 15) is 0 Å². The minimum atomic E-state index is 0.221. The Morgan fingerprint density at radius 1 is 1.26 bits per heavy atom. The zero-order chi connectivity index (χ0) is 13.2. The van der Waals surface area contributed by atoms with Crippen LogP contribution >= 0.6 is 0 Å². The Kier molecular flexibility index (Phi) is 3.43. The first-order valence-electron chi connectivity index (χ1n) is 7.10. The van der Waals surface area contributed by atoms with Crippen molar-refractivity contribution in [2.75, 3.05) is 7.05 Å². The van der Waals surface area contributed by atoms with Crippen molar-refractivity contribution < 1.29 is 4.42 Å². The fourth-order valence-electron chi connectivity index (χ4n) is 2.93. The summed E-state index contributed by atoms with van der Waals surface area (Å²) in [4.78, 5) is 0. The van der Waals surface area contributed by atoms with Crippen LogP contribution in [0.1, 0.15) is 53.7 Å². The van der Waals surface area contributed by atoms with E-state index >= 15 is 0 Å². The maximum Gasteiger partial charge on any atom is 0.105 e. The van der Waals surface area contributed by atoms with Gasteiger partial charge in [0, 0.05) is 5.56 Å². The lowest BCUT2D eigenvalue weighted by Gasteiger charge is -2.27. The van der Waals surface area contributed by atoms with Crippen molar-refractivity contribution >= 4 is 0 Å². The van der Waals surface area contributed by atoms with Crippen LogP contribution in [0.3, 0.4) is 0 Å². The molecule has 1 aliphatic carbocycles. The van der Waals surface area contributed by atoms with Gasteiger partial charge >= 0.3 is 0 Å². The van der Waals surface area contributed by atoms with Gasteiger partial charge in [-0.05, 0) is 49.9 Å². The highest BCUT2D eigenvalue weighted by molar-refractivity contribution is 5.36. The number of rotatable bonds is 4. The smallest absolute Gasteiger partial charge is 0.105 e. The van der Waals surface area contributed by atoms with Crippen molar-refractivity contribution in [3.8, 4) is 0 Å². The van der Waals surface area contributed by atoms with Crippen LogP contribution in [0, 0.1) is 6.92 Å². The minimum Gasteiger partial charge on any atom is -0.469 e. The van der Waals surface area contributed by atoms with Gasteiger partial charge in [-0.15, -0.1) is 0 Å². The van der Waals surface area contributed by atoms with E-state index in [4.69, 9.17) is 4.42 Å². The number of furan rings is 1. The zero-order valence-corrected chi connectivity index (χ0v) is 11.6. The normalized spacial score (nSPS) is 17.2. The number of nitrogens with one attached hydrogen (secondary N) is 1. The highest BCUT2D eigenvalue weighted by atomic mass is 16.3. The van der Waals surface area contributed by atoms with E-state index in [1.807, 2.05) is 14.0 Å². The van der Waals surface area contributed by atoms with Gasteiger partial charge in [0.25, 0.3) is 0 Å². The fourth-order valence-corrected chi connectivity index (χ4v) is 2.93. The summed E-state index contributed by atoms with van der Waals surface area (Å²) in [5, 5.41) is 3.40. The lowest BCUT2D eigenvalue weighted by Crippen LogP contribution is -2.18. The third-order valence-electron chi connectivity index (χ3n) is 4.32. The van der Waals surface area contributed by atoms with E-state index in [0.717, 1.165) is 11.7 Å². The summed E-state index contributed by atoms with van der Waals surface area (Å²) in [5.74, 6) is 1.77. The lowest BCUT2D eigenvalue weighted by atomic mass is 9.79. The highest BCUT2D eigenvalue weighted by Crippen LogP contribution is 2.37. The van der Waals surface area contributed by atoms with Crippen molar-refractivity contribution in [3.05, 3.63) is 59.0 Å². The lowest BCUT2D eigenvalue weighted by molar-refractivity contribution is 0.419. The molecule has 1 atom stereocenters. The first-order valence-corrected chi connectivity index (χ1v) is 7.10. The molecule has 1 aromatic heterocycles. The monoisotopic (exact) mass is 255 g/mol. The molecule has 1 fully saturated rings. The molecule has 3 rings (SSSR count). The summed E-state index contributed by atoms with van der Waals surface area (Å²) in [6.07, 6.45) is 5.84. The molecule has 0 radical (unpaired) electrons. The predicted octanol–water partition coefficient (Wildman–Crippen LogP) is 4.16. The van der Waals surface area contributed by atoms with Gasteiger partial charge < -0.3 is 9.73 Å². The molecule has 1 N–H and O–H groups in total. The molecule has 100 valence electrons. The number of aryl methyl sites for hydroxylation is 1. The molecule has 1 aliphatic rings. The van der Waals surface area contributed by atoms with Gasteiger partial charge in [0.15, 0.2) is 0 Å². The highest BCUT2D eigenvalue weighted by Gasteiger charge is 2.21. The van der Waals surface area contributed by atoms with Crippen molar-refractivity contribution in [2.45, 2.75) is 38.1 Å². The van der Waals surface area contributed by atoms with Gasteiger partial charge in [0.2, 0.25) is 0 Å². The quantitative estimate of drug-likeness (QED) is 0.887. The summed E-state index contributed by atoms with van der Waals surface area (Å²) in [6, 6.07) is 11.3. The van der Waals surface area contributed by atoms with E-state index in [0.29, 0.717) is 0 Å². The number of hydrogen-bond donors (Lipinski definition) is 1. The van der Waals surface area contributed by atoms with Crippen molar-refractivity contribution in [2.24, 2.45) is 0 Å². The summed E-state index contributed by atoms with van der Waals surface area (Å²) >= 11 is 0. The molecule has 0 amide bonds. The van der Waals surface area contributed by atoms with Crippen molar-refractivity contribution in [1.29, 1.82) is 0 Å². The summed E-state index contributed by atoms with van der Waals surface area (Å²) in [5.41, 5.74) is 4.05. The van der Waals surface area contributed by atoms with E-state index in [1.165, 1.54) is 36.0 Å². The van der Waals surface area contributed by atoms with Crippen LogP contribution in [0.25, 0.3) is 0 Å². The minimum absolute atomic E-state index is 0.221.